The summed E-state index contributed by atoms with van der Waals surface area (Å²) in [4.78, 5) is 36.2. The van der Waals surface area contributed by atoms with Gasteiger partial charge in [0, 0.05) is 0 Å². The second-order valence-corrected chi connectivity index (χ2v) is 5.92. The Hall–Kier alpha value is -2.77. The lowest BCUT2D eigenvalue weighted by Crippen LogP contribution is -2.41. The summed E-state index contributed by atoms with van der Waals surface area (Å²) in [5, 5.41) is 2.50. The van der Waals surface area contributed by atoms with E-state index >= 15 is 0 Å². The molecule has 0 atom stereocenters. The Morgan fingerprint density at radius 1 is 1.08 bits per heavy atom. The number of hydrogen-bond acceptors (Lipinski definition) is 6. The number of benzene rings is 1. The average molecular weight is 350 g/mol. The van der Waals surface area contributed by atoms with Gasteiger partial charge in [-0.3, -0.25) is 14.5 Å². The minimum atomic E-state index is -1.01. The second kappa shape index (κ2) is 7.87. The van der Waals surface area contributed by atoms with Gasteiger partial charge in [0.1, 0.15) is 36.8 Å². The molecule has 0 spiro atoms. The van der Waals surface area contributed by atoms with Gasteiger partial charge in [0.2, 0.25) is 0 Å². The van der Waals surface area contributed by atoms with Gasteiger partial charge in [-0.25, -0.2) is 4.79 Å². The van der Waals surface area contributed by atoms with Crippen molar-refractivity contribution in [3.8, 4) is 11.5 Å². The standard InChI is InChI=1S/C17H22N2O6/c1-4-23-12-5-7-13(8-6-12)24-9-10-25-14(20)11-19-15(21)17(2,3)18-16(19)22/h5-8H,4,9-11H2,1-3H3,(H,18,22). The van der Waals surface area contributed by atoms with Crippen LogP contribution in [0.25, 0.3) is 0 Å². The highest BCUT2D eigenvalue weighted by Gasteiger charge is 2.45. The molecule has 0 aliphatic carbocycles. The number of nitrogens with one attached hydrogen (secondary N) is 1. The van der Waals surface area contributed by atoms with Crippen molar-refractivity contribution in [2.45, 2.75) is 26.3 Å². The molecule has 0 bridgehead atoms. The van der Waals surface area contributed by atoms with Crippen molar-refractivity contribution in [2.75, 3.05) is 26.4 Å². The number of esters is 1. The van der Waals surface area contributed by atoms with E-state index in [1.54, 1.807) is 38.1 Å². The number of ether oxygens (including phenoxy) is 3. The maximum absolute atomic E-state index is 12.0. The zero-order valence-electron chi connectivity index (χ0n) is 14.5. The van der Waals surface area contributed by atoms with E-state index in [2.05, 4.69) is 5.32 Å². The Balaban J connectivity index is 1.70. The van der Waals surface area contributed by atoms with Crippen LogP contribution in [0, 0.1) is 0 Å². The van der Waals surface area contributed by atoms with Crippen LogP contribution in [-0.4, -0.2) is 54.7 Å². The summed E-state index contributed by atoms with van der Waals surface area (Å²) in [6.45, 7) is 5.39. The molecule has 0 saturated carbocycles. The number of carbonyl (C=O) groups excluding carboxylic acids is 3. The molecule has 1 aromatic rings. The number of carbonyl (C=O) groups is 3. The van der Waals surface area contributed by atoms with Gasteiger partial charge in [-0.15, -0.1) is 0 Å². The van der Waals surface area contributed by atoms with Gasteiger partial charge in [-0.05, 0) is 45.0 Å². The van der Waals surface area contributed by atoms with Crippen molar-refractivity contribution in [1.29, 1.82) is 0 Å². The fraction of sp³-hybridized carbons (Fsp3) is 0.471. The number of rotatable bonds is 8. The van der Waals surface area contributed by atoms with Gasteiger partial charge >= 0.3 is 12.0 Å². The highest BCUT2D eigenvalue weighted by Crippen LogP contribution is 2.18. The molecule has 1 aliphatic rings. The van der Waals surface area contributed by atoms with E-state index in [9.17, 15) is 14.4 Å². The van der Waals surface area contributed by atoms with E-state index in [-0.39, 0.29) is 13.2 Å². The highest BCUT2D eigenvalue weighted by atomic mass is 16.6. The first-order chi connectivity index (χ1) is 11.8. The number of urea groups is 1. The van der Waals surface area contributed by atoms with Crippen LogP contribution < -0.4 is 14.8 Å². The van der Waals surface area contributed by atoms with Crippen LogP contribution in [0.3, 0.4) is 0 Å². The zero-order valence-corrected chi connectivity index (χ0v) is 14.5. The number of hydrogen-bond donors (Lipinski definition) is 1. The van der Waals surface area contributed by atoms with Crippen LogP contribution in [0.2, 0.25) is 0 Å². The molecule has 0 unspecified atom stereocenters. The lowest BCUT2D eigenvalue weighted by molar-refractivity contribution is -0.148. The molecule has 1 aliphatic heterocycles. The van der Waals surface area contributed by atoms with Crippen LogP contribution in [0.4, 0.5) is 4.79 Å². The summed E-state index contributed by atoms with van der Waals surface area (Å²) in [6.07, 6.45) is 0. The van der Waals surface area contributed by atoms with Gasteiger partial charge in [0.05, 0.1) is 6.61 Å². The third-order valence-corrected chi connectivity index (χ3v) is 3.48. The number of nitrogens with zero attached hydrogens (tertiary/aromatic N) is 1. The molecular weight excluding hydrogens is 328 g/mol. The Morgan fingerprint density at radius 3 is 2.20 bits per heavy atom. The van der Waals surface area contributed by atoms with Crippen LogP contribution in [-0.2, 0) is 14.3 Å². The molecule has 0 aromatic heterocycles. The Morgan fingerprint density at radius 2 is 1.68 bits per heavy atom. The summed E-state index contributed by atoms with van der Waals surface area (Å²) in [6, 6.07) is 6.47. The smallest absolute Gasteiger partial charge is 0.326 e. The molecule has 2 rings (SSSR count). The van der Waals surface area contributed by atoms with E-state index in [0.29, 0.717) is 12.4 Å². The molecule has 1 heterocycles. The maximum Gasteiger partial charge on any atom is 0.326 e. The summed E-state index contributed by atoms with van der Waals surface area (Å²) < 4.78 is 15.8. The normalized spacial score (nSPS) is 15.7. The molecule has 25 heavy (non-hydrogen) atoms. The van der Waals surface area contributed by atoms with Gasteiger partial charge in [-0.1, -0.05) is 0 Å². The monoisotopic (exact) mass is 350 g/mol. The van der Waals surface area contributed by atoms with E-state index in [1.807, 2.05) is 6.92 Å². The third kappa shape index (κ3) is 4.85. The van der Waals surface area contributed by atoms with Crippen molar-refractivity contribution in [3.05, 3.63) is 24.3 Å². The lowest BCUT2D eigenvalue weighted by atomic mass is 10.1. The number of amides is 3. The minimum Gasteiger partial charge on any atom is -0.494 e. The van der Waals surface area contributed by atoms with Gasteiger partial charge in [-0.2, -0.15) is 0 Å². The summed E-state index contributed by atoms with van der Waals surface area (Å²) in [7, 11) is 0. The largest absolute Gasteiger partial charge is 0.494 e. The molecule has 1 fully saturated rings. The average Bonchev–Trinajstić information content (AvgIpc) is 2.75. The van der Waals surface area contributed by atoms with Crippen LogP contribution in [0.15, 0.2) is 24.3 Å². The fourth-order valence-electron chi connectivity index (χ4n) is 2.25. The summed E-state index contributed by atoms with van der Waals surface area (Å²) in [5.41, 5.74) is -1.01. The second-order valence-electron chi connectivity index (χ2n) is 5.92. The van der Waals surface area contributed by atoms with Gasteiger partial charge in [0.25, 0.3) is 5.91 Å². The Bertz CT molecular complexity index is 641. The van der Waals surface area contributed by atoms with E-state index in [4.69, 9.17) is 14.2 Å². The number of imide groups is 1. The molecule has 1 aromatic carbocycles. The van der Waals surface area contributed by atoms with Crippen molar-refractivity contribution in [2.24, 2.45) is 0 Å². The van der Waals surface area contributed by atoms with Crippen LogP contribution in [0.1, 0.15) is 20.8 Å². The predicted molar refractivity (Wildman–Crippen MR) is 88.4 cm³/mol. The van der Waals surface area contributed by atoms with Gasteiger partial charge < -0.3 is 19.5 Å². The molecule has 8 nitrogen and oxygen atoms in total. The fourth-order valence-corrected chi connectivity index (χ4v) is 2.25. The van der Waals surface area contributed by atoms with Crippen LogP contribution >= 0.6 is 0 Å². The zero-order chi connectivity index (χ0) is 18.4. The minimum absolute atomic E-state index is 0.0130. The van der Waals surface area contributed by atoms with Gasteiger partial charge in [0.15, 0.2) is 0 Å². The van der Waals surface area contributed by atoms with Crippen molar-refractivity contribution >= 4 is 17.9 Å². The SMILES string of the molecule is CCOc1ccc(OCCOC(=O)CN2C(=O)NC(C)(C)C2=O)cc1. The highest BCUT2D eigenvalue weighted by molar-refractivity contribution is 6.08. The quantitative estimate of drug-likeness (QED) is 0.432. The lowest BCUT2D eigenvalue weighted by Gasteiger charge is -2.15. The van der Waals surface area contributed by atoms with Crippen molar-refractivity contribution in [1.82, 2.24) is 10.2 Å². The predicted octanol–water partition coefficient (Wildman–Crippen LogP) is 1.34. The third-order valence-electron chi connectivity index (χ3n) is 3.48. The summed E-state index contributed by atoms with van der Waals surface area (Å²) >= 11 is 0. The van der Waals surface area contributed by atoms with Crippen molar-refractivity contribution in [3.63, 3.8) is 0 Å². The van der Waals surface area contributed by atoms with E-state index in [1.165, 1.54) is 0 Å². The summed E-state index contributed by atoms with van der Waals surface area (Å²) in [5.74, 6) is 0.240. The first-order valence-corrected chi connectivity index (χ1v) is 7.99. The van der Waals surface area contributed by atoms with E-state index < -0.39 is 30.0 Å². The molecule has 1 saturated heterocycles. The first kappa shape index (κ1) is 18.6. The maximum atomic E-state index is 12.0. The molecule has 8 heteroatoms. The first-order valence-electron chi connectivity index (χ1n) is 7.99. The Labute approximate surface area is 146 Å². The van der Waals surface area contributed by atoms with Crippen LogP contribution in [0.5, 0.6) is 11.5 Å². The van der Waals surface area contributed by atoms with Crippen molar-refractivity contribution < 1.29 is 28.6 Å². The molecule has 1 N–H and O–H groups in total. The molecule has 0 radical (unpaired) electrons. The van der Waals surface area contributed by atoms with E-state index in [0.717, 1.165) is 10.6 Å². The molecular formula is C17H22N2O6. The molecule has 3 amide bonds. The molecule has 136 valence electrons. The topological polar surface area (TPSA) is 94.2 Å². The Kier molecular flexibility index (Phi) is 5.84.